The van der Waals surface area contributed by atoms with Gasteiger partial charge in [0.1, 0.15) is 18.1 Å². The van der Waals surface area contributed by atoms with Gasteiger partial charge in [0.25, 0.3) is 0 Å². The van der Waals surface area contributed by atoms with Crippen molar-refractivity contribution < 1.29 is 27.8 Å². The van der Waals surface area contributed by atoms with Gasteiger partial charge in [-0.3, -0.25) is 9.69 Å². The highest BCUT2D eigenvalue weighted by Gasteiger charge is 2.37. The zero-order valence-corrected chi connectivity index (χ0v) is 17.8. The molecule has 0 amide bonds. The van der Waals surface area contributed by atoms with Crippen molar-refractivity contribution in [2.45, 2.75) is 57.3 Å². The first-order valence-electron chi connectivity index (χ1n) is 11.0. The highest BCUT2D eigenvalue weighted by Crippen LogP contribution is 2.39. The molecule has 4 rings (SSSR count). The average molecular weight is 448 g/mol. The van der Waals surface area contributed by atoms with Crippen LogP contribution in [0.3, 0.4) is 0 Å². The smallest absolute Gasteiger partial charge is 0.433 e. The van der Waals surface area contributed by atoms with E-state index >= 15 is 0 Å². The molecule has 2 fully saturated rings. The average Bonchev–Trinajstić information content (AvgIpc) is 2.75. The van der Waals surface area contributed by atoms with E-state index in [1.807, 2.05) is 17.0 Å². The number of rotatable bonds is 7. The number of pyridine rings is 1. The molecule has 8 heteroatoms. The first-order chi connectivity index (χ1) is 15.3. The molecule has 1 N–H and O–H groups in total. The largest absolute Gasteiger partial charge is 0.487 e. The molecule has 0 spiro atoms. The van der Waals surface area contributed by atoms with Gasteiger partial charge in [0, 0.05) is 19.6 Å². The fraction of sp³-hybridized carbons (Fsp3) is 0.500. The molecule has 5 nitrogen and oxygen atoms in total. The van der Waals surface area contributed by atoms with Gasteiger partial charge in [-0.15, -0.1) is 0 Å². The third kappa shape index (κ3) is 5.41. The van der Waals surface area contributed by atoms with Crippen LogP contribution in [-0.2, 0) is 24.1 Å². The van der Waals surface area contributed by atoms with Crippen molar-refractivity contribution in [3.8, 4) is 5.75 Å². The van der Waals surface area contributed by atoms with Crippen molar-refractivity contribution in [3.63, 3.8) is 0 Å². The van der Waals surface area contributed by atoms with Gasteiger partial charge in [-0.1, -0.05) is 37.5 Å². The predicted octanol–water partition coefficient (Wildman–Crippen LogP) is 5.24. The van der Waals surface area contributed by atoms with Gasteiger partial charge in [0.2, 0.25) is 0 Å². The quantitative estimate of drug-likeness (QED) is 0.627. The Morgan fingerprint density at radius 3 is 2.38 bits per heavy atom. The van der Waals surface area contributed by atoms with Gasteiger partial charge in [0.05, 0.1) is 11.6 Å². The number of alkyl halides is 3. The molecule has 2 aromatic rings. The Labute approximate surface area is 185 Å². The minimum atomic E-state index is -4.49. The molecule has 1 aliphatic heterocycles. The SMILES string of the molecule is O=C(O)C1CN(Cc2ccc(OCc3ccc(C4CCCCC4)c(C(F)(F)F)n3)cc2)C1. The Balaban J connectivity index is 1.36. The summed E-state index contributed by atoms with van der Waals surface area (Å²) in [5, 5.41) is 8.94. The van der Waals surface area contributed by atoms with E-state index in [0.29, 0.717) is 30.9 Å². The zero-order chi connectivity index (χ0) is 22.7. The minimum absolute atomic E-state index is 0.0419. The second-order valence-electron chi connectivity index (χ2n) is 8.73. The summed E-state index contributed by atoms with van der Waals surface area (Å²) in [6, 6.07) is 10.5. The van der Waals surface area contributed by atoms with E-state index in [2.05, 4.69) is 4.98 Å². The predicted molar refractivity (Wildman–Crippen MR) is 112 cm³/mol. The van der Waals surface area contributed by atoms with E-state index in [-0.39, 0.29) is 24.1 Å². The number of halogens is 3. The number of benzene rings is 1. The Kier molecular flexibility index (Phi) is 6.69. The fourth-order valence-electron chi connectivity index (χ4n) is 4.52. The van der Waals surface area contributed by atoms with Crippen LogP contribution < -0.4 is 4.74 Å². The lowest BCUT2D eigenvalue weighted by atomic mass is 9.83. The summed E-state index contributed by atoms with van der Waals surface area (Å²) in [6.45, 7) is 1.69. The third-order valence-electron chi connectivity index (χ3n) is 6.32. The molecular weight excluding hydrogens is 421 g/mol. The lowest BCUT2D eigenvalue weighted by molar-refractivity contribution is -0.147. The molecule has 2 heterocycles. The molecule has 1 aliphatic carbocycles. The van der Waals surface area contributed by atoms with E-state index in [4.69, 9.17) is 9.84 Å². The van der Waals surface area contributed by atoms with Gasteiger partial charge in [-0.05, 0) is 48.1 Å². The lowest BCUT2D eigenvalue weighted by Crippen LogP contribution is -2.49. The Morgan fingerprint density at radius 2 is 1.75 bits per heavy atom. The van der Waals surface area contributed by atoms with Gasteiger partial charge >= 0.3 is 12.1 Å². The van der Waals surface area contributed by atoms with Crippen molar-refractivity contribution in [1.82, 2.24) is 9.88 Å². The van der Waals surface area contributed by atoms with Crippen molar-refractivity contribution in [2.24, 2.45) is 5.92 Å². The molecule has 1 aromatic carbocycles. The maximum absolute atomic E-state index is 13.7. The number of nitrogens with zero attached hydrogens (tertiary/aromatic N) is 2. The summed E-state index contributed by atoms with van der Waals surface area (Å²) in [5.41, 5.74) is 0.799. The number of aromatic nitrogens is 1. The van der Waals surface area contributed by atoms with Gasteiger partial charge in [-0.25, -0.2) is 4.98 Å². The molecule has 0 unspecified atom stereocenters. The van der Waals surface area contributed by atoms with Crippen LogP contribution in [0.5, 0.6) is 5.75 Å². The molecule has 0 atom stereocenters. The van der Waals surface area contributed by atoms with Gasteiger partial charge < -0.3 is 9.84 Å². The van der Waals surface area contributed by atoms with Crippen molar-refractivity contribution in [2.75, 3.05) is 13.1 Å². The van der Waals surface area contributed by atoms with E-state index < -0.39 is 17.8 Å². The fourth-order valence-corrected chi connectivity index (χ4v) is 4.52. The summed E-state index contributed by atoms with van der Waals surface area (Å²) >= 11 is 0. The number of carboxylic acids is 1. The normalized spacial score (nSPS) is 18.3. The van der Waals surface area contributed by atoms with Crippen molar-refractivity contribution in [3.05, 3.63) is 58.9 Å². The van der Waals surface area contributed by atoms with Crippen molar-refractivity contribution >= 4 is 5.97 Å². The molecule has 172 valence electrons. The summed E-state index contributed by atoms with van der Waals surface area (Å²) in [7, 11) is 0. The van der Waals surface area contributed by atoms with Crippen LogP contribution in [-0.4, -0.2) is 34.0 Å². The number of aliphatic carboxylic acids is 1. The van der Waals surface area contributed by atoms with Crippen LogP contribution >= 0.6 is 0 Å². The van der Waals surface area contributed by atoms with Crippen LogP contribution in [0.1, 0.15) is 60.5 Å². The highest BCUT2D eigenvalue weighted by atomic mass is 19.4. The summed E-state index contributed by atoms with van der Waals surface area (Å²) in [5.74, 6) is -0.588. The van der Waals surface area contributed by atoms with E-state index in [1.165, 1.54) is 0 Å². The van der Waals surface area contributed by atoms with Crippen LogP contribution in [0.25, 0.3) is 0 Å². The molecule has 1 saturated carbocycles. The van der Waals surface area contributed by atoms with E-state index in [0.717, 1.165) is 37.7 Å². The first kappa shape index (κ1) is 22.6. The molecule has 0 radical (unpaired) electrons. The number of carboxylic acid groups (broad SMARTS) is 1. The van der Waals surface area contributed by atoms with Crippen LogP contribution in [0.4, 0.5) is 13.2 Å². The molecular formula is C24H27F3N2O3. The van der Waals surface area contributed by atoms with Crippen LogP contribution in [0.2, 0.25) is 0 Å². The van der Waals surface area contributed by atoms with Crippen molar-refractivity contribution in [1.29, 1.82) is 0 Å². The zero-order valence-electron chi connectivity index (χ0n) is 17.8. The summed E-state index contributed by atoms with van der Waals surface area (Å²) < 4.78 is 46.6. The second-order valence-corrected chi connectivity index (χ2v) is 8.73. The lowest BCUT2D eigenvalue weighted by Gasteiger charge is -2.36. The summed E-state index contributed by atoms with van der Waals surface area (Å²) in [4.78, 5) is 16.9. The van der Waals surface area contributed by atoms with Gasteiger partial charge in [-0.2, -0.15) is 13.2 Å². The summed E-state index contributed by atoms with van der Waals surface area (Å²) in [6.07, 6.45) is 0.0714. The third-order valence-corrected chi connectivity index (χ3v) is 6.32. The topological polar surface area (TPSA) is 62.7 Å². The Bertz CT molecular complexity index is 934. The molecule has 32 heavy (non-hydrogen) atoms. The molecule has 2 aliphatic rings. The standard InChI is InChI=1S/C24H27F3N2O3/c25-24(26,27)22-21(17-4-2-1-3-5-17)11-8-19(28-22)15-32-20-9-6-16(7-10-20)12-29-13-18(14-29)23(30)31/h6-11,17-18H,1-5,12-15H2,(H,30,31). The molecule has 1 saturated heterocycles. The number of carbonyl (C=O) groups is 1. The maximum Gasteiger partial charge on any atom is 0.433 e. The van der Waals surface area contributed by atoms with Gasteiger partial charge in [0.15, 0.2) is 0 Å². The van der Waals surface area contributed by atoms with Crippen LogP contribution in [0.15, 0.2) is 36.4 Å². The minimum Gasteiger partial charge on any atom is -0.487 e. The maximum atomic E-state index is 13.7. The number of hydrogen-bond acceptors (Lipinski definition) is 4. The highest BCUT2D eigenvalue weighted by molar-refractivity contribution is 5.71. The monoisotopic (exact) mass is 448 g/mol. The number of likely N-dealkylation sites (tertiary alicyclic amines) is 1. The molecule has 0 bridgehead atoms. The van der Waals surface area contributed by atoms with Crippen LogP contribution in [0, 0.1) is 5.92 Å². The number of hydrogen-bond donors (Lipinski definition) is 1. The first-order valence-corrected chi connectivity index (χ1v) is 11.0. The Hall–Kier alpha value is -2.61. The second kappa shape index (κ2) is 9.48. The van der Waals surface area contributed by atoms with E-state index in [1.54, 1.807) is 24.3 Å². The van der Waals surface area contributed by atoms with E-state index in [9.17, 15) is 18.0 Å². The number of ether oxygens (including phenoxy) is 1. The Morgan fingerprint density at radius 1 is 1.06 bits per heavy atom. The molecule has 1 aromatic heterocycles.